The number of aliphatic hydroxyl groups is 1. The SMILES string of the molecule is O=S(=O)(c1ccc(CO)s1)N1CCN2CCCCC2C1. The summed E-state index contributed by atoms with van der Waals surface area (Å²) in [7, 11) is -3.39. The van der Waals surface area contributed by atoms with Crippen LogP contribution in [-0.2, 0) is 16.6 Å². The van der Waals surface area contributed by atoms with Crippen molar-refractivity contribution in [3.8, 4) is 0 Å². The smallest absolute Gasteiger partial charge is 0.252 e. The summed E-state index contributed by atoms with van der Waals surface area (Å²) in [5.74, 6) is 0. The quantitative estimate of drug-likeness (QED) is 0.907. The zero-order valence-corrected chi connectivity index (χ0v) is 13.0. The number of piperazine rings is 1. The summed E-state index contributed by atoms with van der Waals surface area (Å²) in [6.07, 6.45) is 3.52. The normalized spacial score (nSPS) is 25.6. The summed E-state index contributed by atoms with van der Waals surface area (Å²) in [6, 6.07) is 3.68. The Kier molecular flexibility index (Phi) is 4.14. The predicted octanol–water partition coefficient (Wildman–Crippen LogP) is 1.10. The molecular formula is C13H20N2O3S2. The van der Waals surface area contributed by atoms with Gasteiger partial charge in [0.05, 0.1) is 6.61 Å². The lowest BCUT2D eigenvalue weighted by atomic mass is 10.0. The maximum absolute atomic E-state index is 12.6. The van der Waals surface area contributed by atoms with E-state index in [0.29, 0.717) is 28.2 Å². The van der Waals surface area contributed by atoms with Gasteiger partial charge in [-0.15, -0.1) is 11.3 Å². The van der Waals surface area contributed by atoms with Crippen LogP contribution in [-0.4, -0.2) is 55.0 Å². The van der Waals surface area contributed by atoms with Crippen LogP contribution in [0, 0.1) is 0 Å². The minimum Gasteiger partial charge on any atom is -0.391 e. The monoisotopic (exact) mass is 316 g/mol. The molecule has 0 aromatic carbocycles. The maximum Gasteiger partial charge on any atom is 0.252 e. The third kappa shape index (κ3) is 2.65. The summed E-state index contributed by atoms with van der Waals surface area (Å²) < 4.78 is 27.2. The molecule has 1 unspecified atom stereocenters. The Balaban J connectivity index is 1.77. The second-order valence-corrected chi connectivity index (χ2v) is 8.76. The van der Waals surface area contributed by atoms with Crippen molar-refractivity contribution in [3.05, 3.63) is 17.0 Å². The lowest BCUT2D eigenvalue weighted by Gasteiger charge is -2.43. The molecule has 1 aromatic heterocycles. The molecule has 0 spiro atoms. The molecule has 20 heavy (non-hydrogen) atoms. The molecule has 112 valence electrons. The number of hydrogen-bond acceptors (Lipinski definition) is 5. The fourth-order valence-corrected chi connectivity index (χ4v) is 5.89. The second-order valence-electron chi connectivity index (χ2n) is 5.43. The third-order valence-electron chi connectivity index (χ3n) is 4.19. The number of aliphatic hydroxyl groups excluding tert-OH is 1. The molecule has 1 N–H and O–H groups in total. The summed E-state index contributed by atoms with van der Waals surface area (Å²) >= 11 is 1.17. The van der Waals surface area contributed by atoms with E-state index in [1.54, 1.807) is 16.4 Å². The Morgan fingerprint density at radius 1 is 1.25 bits per heavy atom. The summed E-state index contributed by atoms with van der Waals surface area (Å²) in [5, 5.41) is 9.08. The van der Waals surface area contributed by atoms with Crippen molar-refractivity contribution in [1.29, 1.82) is 0 Å². The van der Waals surface area contributed by atoms with E-state index >= 15 is 0 Å². The van der Waals surface area contributed by atoms with Gasteiger partial charge < -0.3 is 5.11 Å². The average molecular weight is 316 g/mol. The maximum atomic E-state index is 12.6. The van der Waals surface area contributed by atoms with Crippen molar-refractivity contribution < 1.29 is 13.5 Å². The first-order valence-electron chi connectivity index (χ1n) is 7.05. The van der Waals surface area contributed by atoms with Gasteiger partial charge in [0, 0.05) is 30.6 Å². The Labute approximate surface area is 123 Å². The average Bonchev–Trinajstić information content (AvgIpc) is 2.96. The molecule has 2 saturated heterocycles. The van der Waals surface area contributed by atoms with Crippen molar-refractivity contribution in [2.24, 2.45) is 0 Å². The molecule has 0 aliphatic carbocycles. The Morgan fingerprint density at radius 2 is 2.10 bits per heavy atom. The summed E-state index contributed by atoms with van der Waals surface area (Å²) in [4.78, 5) is 3.11. The van der Waals surface area contributed by atoms with Gasteiger partial charge in [0.25, 0.3) is 10.0 Å². The van der Waals surface area contributed by atoms with Gasteiger partial charge >= 0.3 is 0 Å². The summed E-state index contributed by atoms with van der Waals surface area (Å²) in [5.41, 5.74) is 0. The number of fused-ring (bicyclic) bond motifs is 1. The Bertz CT molecular complexity index is 570. The predicted molar refractivity (Wildman–Crippen MR) is 78.2 cm³/mol. The molecule has 7 heteroatoms. The third-order valence-corrected chi connectivity index (χ3v) is 7.59. The summed E-state index contributed by atoms with van der Waals surface area (Å²) in [6.45, 7) is 3.02. The first kappa shape index (κ1) is 14.5. The van der Waals surface area contributed by atoms with Crippen LogP contribution in [0.5, 0.6) is 0 Å². The van der Waals surface area contributed by atoms with Gasteiger partial charge in [0.15, 0.2) is 0 Å². The van der Waals surface area contributed by atoms with Crippen LogP contribution in [0.15, 0.2) is 16.3 Å². The fraction of sp³-hybridized carbons (Fsp3) is 0.692. The largest absolute Gasteiger partial charge is 0.391 e. The lowest BCUT2D eigenvalue weighted by Crippen LogP contribution is -2.55. The number of rotatable bonds is 3. The molecule has 5 nitrogen and oxygen atoms in total. The molecule has 1 atom stereocenters. The second kappa shape index (κ2) is 5.73. The van der Waals surface area contributed by atoms with Gasteiger partial charge in [-0.05, 0) is 31.5 Å². The van der Waals surface area contributed by atoms with Crippen molar-refractivity contribution in [2.75, 3.05) is 26.2 Å². The molecule has 2 aliphatic rings. The zero-order chi connectivity index (χ0) is 14.2. The van der Waals surface area contributed by atoms with Gasteiger partial charge in [-0.25, -0.2) is 8.42 Å². The minimum atomic E-state index is -3.39. The van der Waals surface area contributed by atoms with Gasteiger partial charge in [-0.1, -0.05) is 6.42 Å². The van der Waals surface area contributed by atoms with Crippen LogP contribution in [0.3, 0.4) is 0 Å². The molecule has 2 aliphatic heterocycles. The highest BCUT2D eigenvalue weighted by Gasteiger charge is 2.35. The fourth-order valence-electron chi connectivity index (χ4n) is 3.05. The van der Waals surface area contributed by atoms with Crippen LogP contribution in [0.4, 0.5) is 0 Å². The highest BCUT2D eigenvalue weighted by atomic mass is 32.2. The molecule has 0 bridgehead atoms. The van der Waals surface area contributed by atoms with Gasteiger partial charge in [-0.2, -0.15) is 4.31 Å². The lowest BCUT2D eigenvalue weighted by molar-refractivity contribution is 0.0852. The highest BCUT2D eigenvalue weighted by Crippen LogP contribution is 2.28. The molecule has 3 rings (SSSR count). The minimum absolute atomic E-state index is 0.101. The molecule has 0 saturated carbocycles. The number of hydrogen-bond donors (Lipinski definition) is 1. The van der Waals surface area contributed by atoms with E-state index < -0.39 is 10.0 Å². The van der Waals surface area contributed by atoms with E-state index in [-0.39, 0.29) is 6.61 Å². The van der Waals surface area contributed by atoms with Crippen LogP contribution >= 0.6 is 11.3 Å². The van der Waals surface area contributed by atoms with E-state index in [9.17, 15) is 8.42 Å². The van der Waals surface area contributed by atoms with Crippen molar-refractivity contribution >= 4 is 21.4 Å². The van der Waals surface area contributed by atoms with E-state index in [0.717, 1.165) is 19.5 Å². The van der Waals surface area contributed by atoms with Crippen LogP contribution in [0.1, 0.15) is 24.1 Å². The molecule has 0 radical (unpaired) electrons. The zero-order valence-electron chi connectivity index (χ0n) is 11.4. The van der Waals surface area contributed by atoms with Gasteiger partial charge in [0.1, 0.15) is 4.21 Å². The topological polar surface area (TPSA) is 60.9 Å². The molecule has 3 heterocycles. The van der Waals surface area contributed by atoms with Crippen molar-refractivity contribution in [3.63, 3.8) is 0 Å². The molecule has 1 aromatic rings. The first-order chi connectivity index (χ1) is 9.61. The Morgan fingerprint density at radius 3 is 2.85 bits per heavy atom. The van der Waals surface area contributed by atoms with Crippen LogP contribution < -0.4 is 0 Å². The van der Waals surface area contributed by atoms with E-state index in [4.69, 9.17) is 5.11 Å². The highest BCUT2D eigenvalue weighted by molar-refractivity contribution is 7.91. The number of nitrogens with zero attached hydrogens (tertiary/aromatic N) is 2. The van der Waals surface area contributed by atoms with E-state index in [2.05, 4.69) is 4.90 Å². The molecular weight excluding hydrogens is 296 g/mol. The Hall–Kier alpha value is -0.470. The van der Waals surface area contributed by atoms with Gasteiger partial charge in [-0.3, -0.25) is 4.90 Å². The first-order valence-corrected chi connectivity index (χ1v) is 9.30. The van der Waals surface area contributed by atoms with Crippen LogP contribution in [0.25, 0.3) is 0 Å². The van der Waals surface area contributed by atoms with Crippen molar-refractivity contribution in [2.45, 2.75) is 36.1 Å². The number of piperidine rings is 1. The van der Waals surface area contributed by atoms with E-state index in [1.165, 1.54) is 24.2 Å². The van der Waals surface area contributed by atoms with Gasteiger partial charge in [0.2, 0.25) is 0 Å². The molecule has 2 fully saturated rings. The van der Waals surface area contributed by atoms with Crippen LogP contribution in [0.2, 0.25) is 0 Å². The number of sulfonamides is 1. The van der Waals surface area contributed by atoms with E-state index in [1.807, 2.05) is 0 Å². The standard InChI is InChI=1S/C13H20N2O3S2/c16-10-12-4-5-13(19-12)20(17,18)15-8-7-14-6-2-1-3-11(14)9-15/h4-5,11,16H,1-3,6-10H2. The molecule has 0 amide bonds. The van der Waals surface area contributed by atoms with Crippen molar-refractivity contribution in [1.82, 2.24) is 9.21 Å². The number of thiophene rings is 1.